The molecule has 0 aliphatic carbocycles. The zero-order valence-electron chi connectivity index (χ0n) is 6.37. The molecule has 2 heteroatoms. The van der Waals surface area contributed by atoms with E-state index in [1.54, 1.807) is 12.3 Å². The van der Waals surface area contributed by atoms with E-state index in [1.807, 2.05) is 13.0 Å². The highest BCUT2D eigenvalue weighted by molar-refractivity contribution is 5.28. The van der Waals surface area contributed by atoms with Gasteiger partial charge in [-0.05, 0) is 19.1 Å². The minimum Gasteiger partial charge on any atom is -0.492 e. The quantitative estimate of drug-likeness (QED) is 0.591. The third-order valence-corrected chi connectivity index (χ3v) is 1.20. The van der Waals surface area contributed by atoms with Crippen molar-refractivity contribution in [3.8, 4) is 18.1 Å². The van der Waals surface area contributed by atoms with Crippen LogP contribution in [0.15, 0.2) is 18.3 Å². The molecule has 1 aromatic heterocycles. The Bertz CT molecular complexity index is 258. The molecule has 0 saturated carbocycles. The van der Waals surface area contributed by atoms with E-state index in [0.717, 1.165) is 5.75 Å². The van der Waals surface area contributed by atoms with Crippen LogP contribution in [0.2, 0.25) is 0 Å². The van der Waals surface area contributed by atoms with Crippen molar-refractivity contribution in [1.29, 1.82) is 0 Å². The van der Waals surface area contributed by atoms with E-state index < -0.39 is 0 Å². The van der Waals surface area contributed by atoms with Crippen LogP contribution in [0, 0.1) is 12.3 Å². The van der Waals surface area contributed by atoms with Crippen molar-refractivity contribution in [1.82, 2.24) is 4.98 Å². The first kappa shape index (κ1) is 7.62. The molecule has 0 spiro atoms. The molecule has 1 aromatic rings. The molecular formula is C9H9NO. The molecule has 0 radical (unpaired) electrons. The van der Waals surface area contributed by atoms with Crippen LogP contribution in [0.1, 0.15) is 12.6 Å². The second-order valence-corrected chi connectivity index (χ2v) is 1.96. The van der Waals surface area contributed by atoms with Gasteiger partial charge in [0.25, 0.3) is 0 Å². The van der Waals surface area contributed by atoms with E-state index >= 15 is 0 Å². The molecule has 1 rings (SSSR count). The summed E-state index contributed by atoms with van der Waals surface area (Å²) in [4.78, 5) is 3.95. The van der Waals surface area contributed by atoms with Crippen molar-refractivity contribution in [2.24, 2.45) is 0 Å². The lowest BCUT2D eigenvalue weighted by molar-refractivity contribution is 0.339. The Morgan fingerprint density at radius 2 is 2.45 bits per heavy atom. The minimum atomic E-state index is 0.633. The van der Waals surface area contributed by atoms with Crippen LogP contribution in [-0.2, 0) is 0 Å². The van der Waals surface area contributed by atoms with Crippen LogP contribution in [0.4, 0.5) is 0 Å². The third-order valence-electron chi connectivity index (χ3n) is 1.20. The lowest BCUT2D eigenvalue weighted by Crippen LogP contribution is -1.92. The first-order chi connectivity index (χ1) is 5.36. The Hall–Kier alpha value is -1.49. The SMILES string of the molecule is C#Cc1ccc(OCC)cn1. The molecule has 0 aliphatic rings. The highest BCUT2D eigenvalue weighted by atomic mass is 16.5. The van der Waals surface area contributed by atoms with Gasteiger partial charge < -0.3 is 4.74 Å². The Morgan fingerprint density at radius 3 is 2.91 bits per heavy atom. The van der Waals surface area contributed by atoms with Crippen LogP contribution in [0.3, 0.4) is 0 Å². The number of aromatic nitrogens is 1. The molecule has 2 nitrogen and oxygen atoms in total. The molecule has 0 atom stereocenters. The number of nitrogens with zero attached hydrogens (tertiary/aromatic N) is 1. The first-order valence-electron chi connectivity index (χ1n) is 3.42. The van der Waals surface area contributed by atoms with Gasteiger partial charge in [-0.3, -0.25) is 0 Å². The van der Waals surface area contributed by atoms with Crippen molar-refractivity contribution in [3.05, 3.63) is 24.0 Å². The summed E-state index contributed by atoms with van der Waals surface area (Å²) >= 11 is 0. The number of ether oxygens (including phenoxy) is 1. The number of rotatable bonds is 2. The lowest BCUT2D eigenvalue weighted by Gasteiger charge is -2.00. The Balaban J connectivity index is 2.76. The van der Waals surface area contributed by atoms with Gasteiger partial charge in [0.1, 0.15) is 11.4 Å². The number of hydrogen-bond donors (Lipinski definition) is 0. The largest absolute Gasteiger partial charge is 0.492 e. The summed E-state index contributed by atoms with van der Waals surface area (Å²) in [6.45, 7) is 2.58. The second kappa shape index (κ2) is 3.62. The Morgan fingerprint density at radius 1 is 1.64 bits per heavy atom. The average Bonchev–Trinajstić information content (AvgIpc) is 2.07. The van der Waals surface area contributed by atoms with E-state index in [2.05, 4.69) is 10.9 Å². The van der Waals surface area contributed by atoms with Crippen LogP contribution >= 0.6 is 0 Å². The highest BCUT2D eigenvalue weighted by Gasteiger charge is 1.91. The van der Waals surface area contributed by atoms with Gasteiger partial charge in [0.15, 0.2) is 0 Å². The van der Waals surface area contributed by atoms with E-state index in [4.69, 9.17) is 11.2 Å². The fraction of sp³-hybridized carbons (Fsp3) is 0.222. The van der Waals surface area contributed by atoms with E-state index in [0.29, 0.717) is 12.3 Å². The molecule has 0 amide bonds. The van der Waals surface area contributed by atoms with E-state index in [9.17, 15) is 0 Å². The summed E-state index contributed by atoms with van der Waals surface area (Å²) in [7, 11) is 0. The van der Waals surface area contributed by atoms with Gasteiger partial charge in [-0.2, -0.15) is 0 Å². The Kier molecular flexibility index (Phi) is 2.51. The van der Waals surface area contributed by atoms with Gasteiger partial charge >= 0.3 is 0 Å². The van der Waals surface area contributed by atoms with Gasteiger partial charge in [-0.25, -0.2) is 4.98 Å². The number of terminal acetylenes is 1. The maximum absolute atomic E-state index is 5.17. The molecule has 0 aliphatic heterocycles. The van der Waals surface area contributed by atoms with Gasteiger partial charge in [0.2, 0.25) is 0 Å². The molecule has 0 unspecified atom stereocenters. The molecule has 1 heterocycles. The smallest absolute Gasteiger partial charge is 0.137 e. The van der Waals surface area contributed by atoms with Crippen LogP contribution in [-0.4, -0.2) is 11.6 Å². The fourth-order valence-electron chi connectivity index (χ4n) is 0.718. The molecular weight excluding hydrogens is 138 g/mol. The molecule has 11 heavy (non-hydrogen) atoms. The van der Waals surface area contributed by atoms with E-state index in [1.165, 1.54) is 0 Å². The predicted octanol–water partition coefficient (Wildman–Crippen LogP) is 1.46. The summed E-state index contributed by atoms with van der Waals surface area (Å²) < 4.78 is 5.17. The van der Waals surface area contributed by atoms with Crippen LogP contribution in [0.25, 0.3) is 0 Å². The molecule has 0 fully saturated rings. The van der Waals surface area contributed by atoms with E-state index in [-0.39, 0.29) is 0 Å². The van der Waals surface area contributed by atoms with Gasteiger partial charge in [-0.1, -0.05) is 5.92 Å². The number of pyridine rings is 1. The molecule has 0 N–H and O–H groups in total. The normalized spacial score (nSPS) is 8.73. The van der Waals surface area contributed by atoms with Crippen molar-refractivity contribution < 1.29 is 4.74 Å². The van der Waals surface area contributed by atoms with Crippen LogP contribution in [0.5, 0.6) is 5.75 Å². The topological polar surface area (TPSA) is 22.1 Å². The lowest BCUT2D eigenvalue weighted by atomic mass is 10.3. The Labute approximate surface area is 66.2 Å². The summed E-state index contributed by atoms with van der Waals surface area (Å²) in [6.07, 6.45) is 6.74. The summed E-state index contributed by atoms with van der Waals surface area (Å²) in [6, 6.07) is 3.57. The average molecular weight is 147 g/mol. The van der Waals surface area contributed by atoms with Crippen molar-refractivity contribution in [3.63, 3.8) is 0 Å². The summed E-state index contributed by atoms with van der Waals surface area (Å²) in [5.41, 5.74) is 0.633. The summed E-state index contributed by atoms with van der Waals surface area (Å²) in [5.74, 6) is 3.19. The minimum absolute atomic E-state index is 0.633. The predicted molar refractivity (Wildman–Crippen MR) is 43.3 cm³/mol. The number of hydrogen-bond acceptors (Lipinski definition) is 2. The monoisotopic (exact) mass is 147 g/mol. The van der Waals surface area contributed by atoms with Gasteiger partial charge in [-0.15, -0.1) is 6.42 Å². The fourth-order valence-corrected chi connectivity index (χ4v) is 0.718. The molecule has 0 saturated heterocycles. The summed E-state index contributed by atoms with van der Waals surface area (Å²) in [5, 5.41) is 0. The van der Waals surface area contributed by atoms with Gasteiger partial charge in [0, 0.05) is 0 Å². The highest BCUT2D eigenvalue weighted by Crippen LogP contribution is 2.07. The maximum Gasteiger partial charge on any atom is 0.137 e. The first-order valence-corrected chi connectivity index (χ1v) is 3.42. The molecule has 56 valence electrons. The van der Waals surface area contributed by atoms with Crippen molar-refractivity contribution in [2.45, 2.75) is 6.92 Å². The third kappa shape index (κ3) is 1.98. The second-order valence-electron chi connectivity index (χ2n) is 1.96. The molecule has 0 bridgehead atoms. The maximum atomic E-state index is 5.17. The zero-order chi connectivity index (χ0) is 8.10. The standard InChI is InChI=1S/C9H9NO/c1-3-8-5-6-9(7-10-8)11-4-2/h1,5-7H,4H2,2H3. The van der Waals surface area contributed by atoms with Crippen molar-refractivity contribution >= 4 is 0 Å². The van der Waals surface area contributed by atoms with Gasteiger partial charge in [0.05, 0.1) is 12.8 Å². The van der Waals surface area contributed by atoms with Crippen LogP contribution < -0.4 is 4.74 Å². The zero-order valence-corrected chi connectivity index (χ0v) is 6.37. The molecule has 0 aromatic carbocycles. The van der Waals surface area contributed by atoms with Crippen molar-refractivity contribution in [2.75, 3.05) is 6.61 Å².